The third-order valence-corrected chi connectivity index (χ3v) is 5.68. The Morgan fingerprint density at radius 2 is 1.92 bits per heavy atom. The van der Waals surface area contributed by atoms with Gasteiger partial charge in [0.2, 0.25) is 0 Å². The topological polar surface area (TPSA) is 8.17 Å². The number of aromatic nitrogens is 1. The predicted molar refractivity (Wildman–Crippen MR) is 107 cm³/mol. The summed E-state index contributed by atoms with van der Waals surface area (Å²) in [5, 5.41) is 1.98. The fraction of sp³-hybridized carbons (Fsp3) is 0.273. The lowest BCUT2D eigenvalue weighted by atomic mass is 10.00. The van der Waals surface area contributed by atoms with Crippen molar-refractivity contribution in [1.29, 1.82) is 0 Å². The van der Waals surface area contributed by atoms with Crippen molar-refractivity contribution >= 4 is 28.1 Å². The molecule has 1 unspecified atom stereocenters. The molecule has 2 heterocycles. The molecule has 0 spiro atoms. The molecule has 0 aliphatic carbocycles. The first-order valence-corrected chi connectivity index (χ1v) is 9.28. The van der Waals surface area contributed by atoms with Crippen molar-refractivity contribution in [3.05, 3.63) is 76.7 Å². The fourth-order valence-corrected chi connectivity index (χ4v) is 4.18. The first kappa shape index (κ1) is 17.3. The molecule has 1 aromatic heterocycles. The molecule has 0 N–H and O–H groups in total. The SMILES string of the molecule is C=C(c1ccc(F)cc1)C(C)n1c2c(c3cc(Cl)ccc31)CN(C)CC2. The maximum absolute atomic E-state index is 13.3. The second-order valence-corrected chi connectivity index (χ2v) is 7.59. The number of hydrogen-bond acceptors (Lipinski definition) is 1. The first-order chi connectivity index (χ1) is 12.5. The third-order valence-electron chi connectivity index (χ3n) is 5.45. The summed E-state index contributed by atoms with van der Waals surface area (Å²) in [6.45, 7) is 8.44. The lowest BCUT2D eigenvalue weighted by molar-refractivity contribution is 0.309. The fourth-order valence-electron chi connectivity index (χ4n) is 4.00. The summed E-state index contributed by atoms with van der Waals surface area (Å²) in [5.74, 6) is -0.226. The van der Waals surface area contributed by atoms with E-state index in [4.69, 9.17) is 11.6 Å². The number of rotatable bonds is 3. The molecule has 26 heavy (non-hydrogen) atoms. The summed E-state index contributed by atoms with van der Waals surface area (Å²) in [7, 11) is 2.15. The van der Waals surface area contributed by atoms with Gasteiger partial charge in [-0.15, -0.1) is 0 Å². The van der Waals surface area contributed by atoms with Crippen LogP contribution in [0.4, 0.5) is 4.39 Å². The van der Waals surface area contributed by atoms with Gasteiger partial charge in [0.1, 0.15) is 5.82 Å². The molecule has 3 aromatic rings. The van der Waals surface area contributed by atoms with E-state index in [9.17, 15) is 4.39 Å². The number of fused-ring (bicyclic) bond motifs is 3. The van der Waals surface area contributed by atoms with E-state index in [1.165, 1.54) is 34.3 Å². The van der Waals surface area contributed by atoms with Gasteiger partial charge in [0, 0.05) is 41.1 Å². The van der Waals surface area contributed by atoms with Crippen molar-refractivity contribution < 1.29 is 4.39 Å². The van der Waals surface area contributed by atoms with E-state index in [1.807, 2.05) is 6.07 Å². The normalized spacial score (nSPS) is 15.8. The van der Waals surface area contributed by atoms with Gasteiger partial charge in [-0.2, -0.15) is 0 Å². The molecule has 134 valence electrons. The zero-order valence-electron chi connectivity index (χ0n) is 15.1. The van der Waals surface area contributed by atoms with Crippen molar-refractivity contribution in [2.45, 2.75) is 25.9 Å². The van der Waals surface area contributed by atoms with Gasteiger partial charge in [-0.05, 0) is 61.0 Å². The van der Waals surface area contributed by atoms with E-state index in [2.05, 4.69) is 42.2 Å². The summed E-state index contributed by atoms with van der Waals surface area (Å²) < 4.78 is 15.7. The Balaban J connectivity index is 1.85. The number of nitrogens with zero attached hydrogens (tertiary/aromatic N) is 2. The van der Waals surface area contributed by atoms with Crippen LogP contribution in [0.5, 0.6) is 0 Å². The Labute approximate surface area is 158 Å². The van der Waals surface area contributed by atoms with E-state index in [-0.39, 0.29) is 11.9 Å². The van der Waals surface area contributed by atoms with Crippen LogP contribution in [0.2, 0.25) is 5.02 Å². The van der Waals surface area contributed by atoms with Crippen LogP contribution in [0, 0.1) is 5.82 Å². The van der Waals surface area contributed by atoms with E-state index >= 15 is 0 Å². The van der Waals surface area contributed by atoms with Crippen molar-refractivity contribution in [1.82, 2.24) is 9.47 Å². The molecule has 0 fully saturated rings. The van der Waals surface area contributed by atoms with E-state index < -0.39 is 0 Å². The molecule has 4 rings (SSSR count). The first-order valence-electron chi connectivity index (χ1n) is 8.90. The van der Waals surface area contributed by atoms with Crippen LogP contribution in [0.1, 0.15) is 29.8 Å². The minimum atomic E-state index is -0.226. The standard InChI is InChI=1S/C22H22ClFN2/c1-14(16-4-7-18(24)8-5-16)15(2)26-21-9-6-17(23)12-19(21)20-13-25(3)11-10-22(20)26/h4-9,12,15H,1,10-11,13H2,2-3H3. The Bertz CT molecular complexity index is 988. The lowest BCUT2D eigenvalue weighted by Crippen LogP contribution is -2.27. The average Bonchev–Trinajstić information content (AvgIpc) is 2.94. The van der Waals surface area contributed by atoms with Gasteiger partial charge in [-0.1, -0.05) is 30.3 Å². The molecule has 0 amide bonds. The summed E-state index contributed by atoms with van der Waals surface area (Å²) in [5.41, 5.74) is 5.85. The maximum atomic E-state index is 13.3. The van der Waals surface area contributed by atoms with Crippen LogP contribution >= 0.6 is 11.6 Å². The molecule has 2 aromatic carbocycles. The Morgan fingerprint density at radius 1 is 1.19 bits per heavy atom. The molecular weight excluding hydrogens is 347 g/mol. The van der Waals surface area contributed by atoms with Gasteiger partial charge in [-0.25, -0.2) is 4.39 Å². The van der Waals surface area contributed by atoms with Gasteiger partial charge in [0.25, 0.3) is 0 Å². The van der Waals surface area contributed by atoms with Gasteiger partial charge in [-0.3, -0.25) is 0 Å². The smallest absolute Gasteiger partial charge is 0.123 e. The monoisotopic (exact) mass is 368 g/mol. The predicted octanol–water partition coefficient (Wildman–Crippen LogP) is 5.70. The summed E-state index contributed by atoms with van der Waals surface area (Å²) in [6, 6.07) is 12.8. The molecule has 1 aliphatic rings. The summed E-state index contributed by atoms with van der Waals surface area (Å²) in [6.07, 6.45) is 0.999. The molecule has 0 saturated heterocycles. The largest absolute Gasteiger partial charge is 0.337 e. The molecule has 0 saturated carbocycles. The maximum Gasteiger partial charge on any atom is 0.123 e. The number of allylic oxidation sites excluding steroid dienone is 1. The number of halogens is 2. The van der Waals surface area contributed by atoms with E-state index in [0.29, 0.717) is 0 Å². The quantitative estimate of drug-likeness (QED) is 0.576. The van der Waals surface area contributed by atoms with Crippen LogP contribution in [0.3, 0.4) is 0 Å². The molecule has 0 bridgehead atoms. The lowest BCUT2D eigenvalue weighted by Gasteiger charge is -2.27. The van der Waals surface area contributed by atoms with Gasteiger partial charge < -0.3 is 9.47 Å². The van der Waals surface area contributed by atoms with Gasteiger partial charge in [0.05, 0.1) is 6.04 Å². The summed E-state index contributed by atoms with van der Waals surface area (Å²) >= 11 is 6.28. The highest BCUT2D eigenvalue weighted by Gasteiger charge is 2.25. The Hall–Kier alpha value is -2.10. The van der Waals surface area contributed by atoms with Gasteiger partial charge in [0.15, 0.2) is 0 Å². The van der Waals surface area contributed by atoms with Crippen LogP contribution in [-0.4, -0.2) is 23.1 Å². The number of hydrogen-bond donors (Lipinski definition) is 0. The number of likely N-dealkylation sites (N-methyl/N-ethyl adjacent to an activating group) is 1. The van der Waals surface area contributed by atoms with Crippen LogP contribution in [0.25, 0.3) is 16.5 Å². The second kappa shape index (κ2) is 6.57. The highest BCUT2D eigenvalue weighted by atomic mass is 35.5. The van der Waals surface area contributed by atoms with Gasteiger partial charge >= 0.3 is 0 Å². The third kappa shape index (κ3) is 2.85. The molecule has 1 atom stereocenters. The molecule has 0 radical (unpaired) electrons. The highest BCUT2D eigenvalue weighted by molar-refractivity contribution is 6.31. The molecule has 2 nitrogen and oxygen atoms in total. The van der Waals surface area contributed by atoms with Crippen LogP contribution in [-0.2, 0) is 13.0 Å². The minimum Gasteiger partial charge on any atom is -0.337 e. The van der Waals surface area contributed by atoms with Crippen LogP contribution in [0.15, 0.2) is 49.0 Å². The molecule has 4 heteroatoms. The van der Waals surface area contributed by atoms with Crippen molar-refractivity contribution in [3.63, 3.8) is 0 Å². The minimum absolute atomic E-state index is 0.0799. The van der Waals surface area contributed by atoms with Crippen molar-refractivity contribution in [2.75, 3.05) is 13.6 Å². The molecule has 1 aliphatic heterocycles. The Kier molecular flexibility index (Phi) is 4.37. The zero-order chi connectivity index (χ0) is 18.4. The van der Waals surface area contributed by atoms with Crippen molar-refractivity contribution in [3.8, 4) is 0 Å². The number of benzene rings is 2. The van der Waals surface area contributed by atoms with E-state index in [1.54, 1.807) is 12.1 Å². The average molecular weight is 369 g/mol. The zero-order valence-corrected chi connectivity index (χ0v) is 15.9. The molecular formula is C22H22ClFN2. The van der Waals surface area contributed by atoms with E-state index in [0.717, 1.165) is 35.7 Å². The van der Waals surface area contributed by atoms with Crippen LogP contribution < -0.4 is 0 Å². The summed E-state index contributed by atoms with van der Waals surface area (Å²) in [4.78, 5) is 2.34. The second-order valence-electron chi connectivity index (χ2n) is 7.15. The van der Waals surface area contributed by atoms with Crippen molar-refractivity contribution in [2.24, 2.45) is 0 Å². The highest BCUT2D eigenvalue weighted by Crippen LogP contribution is 2.38. The Morgan fingerprint density at radius 3 is 2.65 bits per heavy atom.